The van der Waals surface area contributed by atoms with Gasteiger partial charge >= 0.3 is 0 Å². The molecular weight excluding hydrogens is 322 g/mol. The van der Waals surface area contributed by atoms with Gasteiger partial charge in [0.05, 0.1) is 12.0 Å². The predicted molar refractivity (Wildman–Crippen MR) is 93.7 cm³/mol. The molecule has 128 valence electrons. The van der Waals surface area contributed by atoms with Crippen LogP contribution in [0.15, 0.2) is 48.5 Å². The van der Waals surface area contributed by atoms with E-state index in [0.717, 1.165) is 22.8 Å². The normalized spacial score (nSPS) is 10.4. The number of nitro groups is 1. The molecule has 0 saturated heterocycles. The summed E-state index contributed by atoms with van der Waals surface area (Å²) in [6.45, 7) is 0.696. The van der Waals surface area contributed by atoms with Crippen LogP contribution in [-0.4, -0.2) is 33.8 Å². The number of nitrogens with zero attached hydrogens (tertiary/aromatic N) is 3. The first-order chi connectivity index (χ1) is 12.2. The number of aromatic amines is 1. The van der Waals surface area contributed by atoms with Gasteiger partial charge in [0.2, 0.25) is 0 Å². The molecule has 3 rings (SSSR count). The summed E-state index contributed by atoms with van der Waals surface area (Å²) in [7, 11) is 1.63. The fraction of sp³-hybridized carbons (Fsp3) is 0.176. The highest BCUT2D eigenvalue weighted by molar-refractivity contribution is 5.56. The lowest BCUT2D eigenvalue weighted by Gasteiger charge is -2.05. The van der Waals surface area contributed by atoms with E-state index in [0.29, 0.717) is 18.8 Å². The molecule has 0 fully saturated rings. The largest absolute Gasteiger partial charge is 0.497 e. The monoisotopic (exact) mass is 339 g/mol. The summed E-state index contributed by atoms with van der Waals surface area (Å²) >= 11 is 0. The fourth-order valence-corrected chi connectivity index (χ4v) is 2.30. The van der Waals surface area contributed by atoms with Crippen LogP contribution in [0.3, 0.4) is 0 Å². The number of benzene rings is 2. The van der Waals surface area contributed by atoms with Crippen molar-refractivity contribution in [2.45, 2.75) is 6.42 Å². The molecule has 2 N–H and O–H groups in total. The van der Waals surface area contributed by atoms with Gasteiger partial charge in [0.1, 0.15) is 11.6 Å². The number of hydrogen-bond acceptors (Lipinski definition) is 6. The van der Waals surface area contributed by atoms with E-state index >= 15 is 0 Å². The third-order valence-corrected chi connectivity index (χ3v) is 3.65. The van der Waals surface area contributed by atoms with E-state index in [2.05, 4.69) is 20.5 Å². The zero-order valence-corrected chi connectivity index (χ0v) is 13.6. The number of anilines is 1. The van der Waals surface area contributed by atoms with Crippen LogP contribution in [0, 0.1) is 10.1 Å². The maximum atomic E-state index is 10.7. The molecule has 0 unspecified atom stereocenters. The Morgan fingerprint density at radius 1 is 1.16 bits per heavy atom. The van der Waals surface area contributed by atoms with E-state index in [9.17, 15) is 10.1 Å². The Bertz CT molecular complexity index is 843. The number of rotatable bonds is 7. The minimum absolute atomic E-state index is 0.0446. The van der Waals surface area contributed by atoms with E-state index in [4.69, 9.17) is 4.74 Å². The highest BCUT2D eigenvalue weighted by Gasteiger charge is 2.09. The zero-order chi connectivity index (χ0) is 17.6. The molecule has 8 heteroatoms. The van der Waals surface area contributed by atoms with Crippen LogP contribution in [-0.2, 0) is 6.42 Å². The molecule has 0 bridgehead atoms. The molecule has 0 radical (unpaired) electrons. The number of non-ortho nitro benzene ring substituents is 1. The SMILES string of the molecule is COc1ccc(NCCc2nc(-c3ccc([N+](=O)[O-])cc3)n[nH]2)cc1. The van der Waals surface area contributed by atoms with Gasteiger partial charge in [-0.1, -0.05) is 0 Å². The summed E-state index contributed by atoms with van der Waals surface area (Å²) in [5, 5.41) is 21.0. The van der Waals surface area contributed by atoms with Crippen molar-refractivity contribution >= 4 is 11.4 Å². The molecule has 0 saturated carbocycles. The standard InChI is InChI=1S/C17H17N5O3/c1-25-15-8-4-13(5-9-15)18-11-10-16-19-17(21-20-16)12-2-6-14(7-3-12)22(23)24/h2-9,18H,10-11H2,1H3,(H,19,20,21). The fourth-order valence-electron chi connectivity index (χ4n) is 2.30. The number of H-pyrrole nitrogens is 1. The Morgan fingerprint density at radius 3 is 2.52 bits per heavy atom. The van der Waals surface area contributed by atoms with E-state index in [1.54, 1.807) is 19.2 Å². The average molecular weight is 339 g/mol. The van der Waals surface area contributed by atoms with Gasteiger partial charge in [0.15, 0.2) is 5.82 Å². The van der Waals surface area contributed by atoms with Crippen molar-refractivity contribution in [3.63, 3.8) is 0 Å². The first kappa shape index (κ1) is 16.4. The molecule has 1 aromatic heterocycles. The predicted octanol–water partition coefficient (Wildman–Crippen LogP) is 3.04. The highest BCUT2D eigenvalue weighted by atomic mass is 16.6. The number of aromatic nitrogens is 3. The van der Waals surface area contributed by atoms with Gasteiger partial charge in [-0.05, 0) is 36.4 Å². The summed E-state index contributed by atoms with van der Waals surface area (Å²) in [6.07, 6.45) is 0.673. The van der Waals surface area contributed by atoms with E-state index in [1.807, 2.05) is 24.3 Å². The van der Waals surface area contributed by atoms with Gasteiger partial charge in [0.25, 0.3) is 5.69 Å². The van der Waals surface area contributed by atoms with Crippen LogP contribution in [0.4, 0.5) is 11.4 Å². The Morgan fingerprint density at radius 2 is 1.88 bits per heavy atom. The van der Waals surface area contributed by atoms with Crippen LogP contribution < -0.4 is 10.1 Å². The molecular formula is C17H17N5O3. The minimum atomic E-state index is -0.433. The number of nitrogens with one attached hydrogen (secondary N) is 2. The molecule has 0 atom stereocenters. The average Bonchev–Trinajstić information content (AvgIpc) is 3.11. The summed E-state index contributed by atoms with van der Waals surface area (Å²) in [4.78, 5) is 14.7. The summed E-state index contributed by atoms with van der Waals surface area (Å²) in [6, 6.07) is 13.8. The maximum absolute atomic E-state index is 10.7. The molecule has 0 amide bonds. The Kier molecular flexibility index (Phi) is 4.89. The lowest BCUT2D eigenvalue weighted by molar-refractivity contribution is -0.384. The van der Waals surface area contributed by atoms with E-state index in [-0.39, 0.29) is 5.69 Å². The summed E-state index contributed by atoms with van der Waals surface area (Å²) < 4.78 is 5.12. The topological polar surface area (TPSA) is 106 Å². The van der Waals surface area contributed by atoms with Crippen molar-refractivity contribution in [1.29, 1.82) is 0 Å². The van der Waals surface area contributed by atoms with Crippen LogP contribution in [0.25, 0.3) is 11.4 Å². The molecule has 1 heterocycles. The first-order valence-corrected chi connectivity index (χ1v) is 7.70. The number of ether oxygens (including phenoxy) is 1. The van der Waals surface area contributed by atoms with Crippen molar-refractivity contribution in [2.24, 2.45) is 0 Å². The van der Waals surface area contributed by atoms with Crippen molar-refractivity contribution < 1.29 is 9.66 Å². The third-order valence-electron chi connectivity index (χ3n) is 3.65. The maximum Gasteiger partial charge on any atom is 0.269 e. The highest BCUT2D eigenvalue weighted by Crippen LogP contribution is 2.19. The lowest BCUT2D eigenvalue weighted by Crippen LogP contribution is -2.05. The van der Waals surface area contributed by atoms with Crippen LogP contribution in [0.5, 0.6) is 5.75 Å². The number of hydrogen-bond donors (Lipinski definition) is 2. The molecule has 0 aliphatic carbocycles. The smallest absolute Gasteiger partial charge is 0.269 e. The molecule has 25 heavy (non-hydrogen) atoms. The second kappa shape index (κ2) is 7.43. The van der Waals surface area contributed by atoms with Crippen LogP contribution >= 0.6 is 0 Å². The van der Waals surface area contributed by atoms with Gasteiger partial charge in [-0.15, -0.1) is 0 Å². The van der Waals surface area contributed by atoms with Gasteiger partial charge in [-0.2, -0.15) is 5.10 Å². The molecule has 0 spiro atoms. The molecule has 0 aliphatic rings. The van der Waals surface area contributed by atoms with Crippen LogP contribution in [0.1, 0.15) is 5.82 Å². The van der Waals surface area contributed by atoms with Gasteiger partial charge < -0.3 is 10.1 Å². The number of methoxy groups -OCH3 is 1. The molecule has 3 aromatic rings. The Labute approximate surface area is 144 Å². The van der Waals surface area contributed by atoms with E-state index < -0.39 is 4.92 Å². The third kappa shape index (κ3) is 4.11. The van der Waals surface area contributed by atoms with Gasteiger partial charge in [-0.3, -0.25) is 15.2 Å². The van der Waals surface area contributed by atoms with Crippen molar-refractivity contribution in [1.82, 2.24) is 15.2 Å². The lowest BCUT2D eigenvalue weighted by atomic mass is 10.2. The van der Waals surface area contributed by atoms with Crippen molar-refractivity contribution in [2.75, 3.05) is 19.0 Å². The van der Waals surface area contributed by atoms with Crippen LogP contribution in [0.2, 0.25) is 0 Å². The van der Waals surface area contributed by atoms with Gasteiger partial charge in [0, 0.05) is 36.3 Å². The Hall–Kier alpha value is -3.42. The summed E-state index contributed by atoms with van der Waals surface area (Å²) in [5.74, 6) is 2.08. The number of nitro benzene ring substituents is 1. The van der Waals surface area contributed by atoms with E-state index in [1.165, 1.54) is 12.1 Å². The van der Waals surface area contributed by atoms with Gasteiger partial charge in [-0.25, -0.2) is 4.98 Å². The molecule has 0 aliphatic heterocycles. The van der Waals surface area contributed by atoms with Crippen molar-refractivity contribution in [3.05, 3.63) is 64.5 Å². The first-order valence-electron chi connectivity index (χ1n) is 7.70. The Balaban J connectivity index is 1.56. The zero-order valence-electron chi connectivity index (χ0n) is 13.6. The molecule has 2 aromatic carbocycles. The molecule has 8 nitrogen and oxygen atoms in total. The quantitative estimate of drug-likeness (QED) is 0.506. The minimum Gasteiger partial charge on any atom is -0.497 e. The second-order valence-corrected chi connectivity index (χ2v) is 5.31. The van der Waals surface area contributed by atoms with Crippen molar-refractivity contribution in [3.8, 4) is 17.1 Å². The second-order valence-electron chi connectivity index (χ2n) is 5.31. The summed E-state index contributed by atoms with van der Waals surface area (Å²) in [5.41, 5.74) is 1.77.